The molecule has 0 bridgehead atoms. The number of fused-ring (bicyclic) bond motifs is 1. The molecule has 180 valence electrons. The second-order valence-electron chi connectivity index (χ2n) is 9.81. The van der Waals surface area contributed by atoms with Crippen molar-refractivity contribution in [3.05, 3.63) is 59.9 Å². The fraction of sp³-hybridized carbons (Fsp3) is 0.481. The quantitative estimate of drug-likeness (QED) is 0.499. The lowest BCUT2D eigenvalue weighted by molar-refractivity contribution is 0.153. The molecule has 5 rings (SSSR count). The Morgan fingerprint density at radius 1 is 1.09 bits per heavy atom. The Morgan fingerprint density at radius 3 is 2.56 bits per heavy atom. The Balaban J connectivity index is 1.17. The van der Waals surface area contributed by atoms with Gasteiger partial charge in [0, 0.05) is 43.5 Å². The highest BCUT2D eigenvalue weighted by molar-refractivity contribution is 7.98. The fourth-order valence-electron chi connectivity index (χ4n) is 5.63. The van der Waals surface area contributed by atoms with Crippen LogP contribution < -0.4 is 5.73 Å². The summed E-state index contributed by atoms with van der Waals surface area (Å²) in [5.74, 6) is 1.20. The predicted molar refractivity (Wildman–Crippen MR) is 142 cm³/mol. The van der Waals surface area contributed by atoms with E-state index in [1.165, 1.54) is 35.2 Å². The van der Waals surface area contributed by atoms with E-state index in [4.69, 9.17) is 10.7 Å². The Labute approximate surface area is 207 Å². The first-order valence-corrected chi connectivity index (χ1v) is 13.6. The van der Waals surface area contributed by atoms with Gasteiger partial charge in [0.05, 0.1) is 11.0 Å². The number of hydrogen-bond donors (Lipinski definition) is 1. The molecule has 3 aromatic rings. The summed E-state index contributed by atoms with van der Waals surface area (Å²) in [5.41, 5.74) is 12.1. The van der Waals surface area contributed by atoms with Crippen LogP contribution in [-0.2, 0) is 6.54 Å². The van der Waals surface area contributed by atoms with Crippen molar-refractivity contribution in [2.45, 2.75) is 50.4 Å². The number of nitrogens with zero attached hydrogens (tertiary/aromatic N) is 5. The fourth-order valence-corrected chi connectivity index (χ4v) is 6.26. The predicted octanol–water partition coefficient (Wildman–Crippen LogP) is 5.11. The molecular formula is C27H36N6S. The molecule has 0 aliphatic carbocycles. The molecule has 2 aliphatic heterocycles. The zero-order valence-electron chi connectivity index (χ0n) is 20.4. The summed E-state index contributed by atoms with van der Waals surface area (Å²) in [6.07, 6.45) is 8.60. The average molecular weight is 477 g/mol. The van der Waals surface area contributed by atoms with Gasteiger partial charge < -0.3 is 15.2 Å². The molecule has 2 aliphatic rings. The van der Waals surface area contributed by atoms with E-state index in [1.807, 2.05) is 6.07 Å². The Hall–Kier alpha value is -2.51. The van der Waals surface area contributed by atoms with Crippen LogP contribution in [-0.4, -0.2) is 56.8 Å². The number of allylic oxidation sites excluding steroid dienone is 1. The minimum absolute atomic E-state index is 0.508. The zero-order chi connectivity index (χ0) is 23.7. The van der Waals surface area contributed by atoms with Crippen molar-refractivity contribution < 1.29 is 0 Å². The van der Waals surface area contributed by atoms with Gasteiger partial charge in [-0.3, -0.25) is 4.90 Å². The van der Waals surface area contributed by atoms with Gasteiger partial charge >= 0.3 is 0 Å². The summed E-state index contributed by atoms with van der Waals surface area (Å²) < 4.78 is 2.49. The third-order valence-electron chi connectivity index (χ3n) is 7.54. The molecule has 7 heteroatoms. The van der Waals surface area contributed by atoms with Crippen LogP contribution in [0.25, 0.3) is 11.0 Å². The van der Waals surface area contributed by atoms with Crippen LogP contribution in [0.2, 0.25) is 0 Å². The van der Waals surface area contributed by atoms with E-state index in [-0.39, 0.29) is 0 Å². The SMILES string of the molecule is C=C(C1CCN(Cc2ccnc(N)c2)CC1)N1CCC(n2c(SC)nc3cc(C)ccc32)CC1. The van der Waals surface area contributed by atoms with Gasteiger partial charge in [-0.15, -0.1) is 0 Å². The lowest BCUT2D eigenvalue weighted by Gasteiger charge is -2.41. The van der Waals surface area contributed by atoms with E-state index < -0.39 is 0 Å². The number of imidazole rings is 1. The van der Waals surface area contributed by atoms with Gasteiger partial charge in [0.15, 0.2) is 5.16 Å². The van der Waals surface area contributed by atoms with Crippen molar-refractivity contribution in [1.29, 1.82) is 0 Å². The minimum Gasteiger partial charge on any atom is -0.384 e. The van der Waals surface area contributed by atoms with Crippen LogP contribution in [0.3, 0.4) is 0 Å². The second kappa shape index (κ2) is 10.0. The highest BCUT2D eigenvalue weighted by Gasteiger charge is 2.29. The van der Waals surface area contributed by atoms with Gasteiger partial charge in [0.25, 0.3) is 0 Å². The number of nitrogens with two attached hydrogens (primary N) is 1. The lowest BCUT2D eigenvalue weighted by atomic mass is 9.91. The number of aromatic nitrogens is 3. The van der Waals surface area contributed by atoms with Crippen LogP contribution in [0.15, 0.2) is 54.0 Å². The Kier molecular flexibility index (Phi) is 6.84. The van der Waals surface area contributed by atoms with Crippen LogP contribution in [0.5, 0.6) is 0 Å². The number of aryl methyl sites for hydroxylation is 1. The summed E-state index contributed by atoms with van der Waals surface area (Å²) in [5, 5.41) is 1.14. The van der Waals surface area contributed by atoms with Gasteiger partial charge in [-0.1, -0.05) is 24.4 Å². The lowest BCUT2D eigenvalue weighted by Crippen LogP contribution is -2.40. The standard InChI is InChI=1S/C27H36N6S/c1-19-4-5-25-24(16-19)30-27(34-3)33(25)23-9-14-32(15-10-23)20(2)22-7-12-31(13-8-22)18-21-6-11-29-26(28)17-21/h4-6,11,16-17,22-23H,2,7-10,12-15,18H2,1,3H3,(H2,28,29). The maximum absolute atomic E-state index is 5.85. The van der Waals surface area contributed by atoms with Crippen molar-refractivity contribution >= 4 is 28.6 Å². The molecule has 4 heterocycles. The highest BCUT2D eigenvalue weighted by Crippen LogP contribution is 2.35. The molecule has 0 spiro atoms. The molecule has 0 unspecified atom stereocenters. The number of thioether (sulfide) groups is 1. The molecule has 2 fully saturated rings. The number of hydrogen-bond acceptors (Lipinski definition) is 6. The van der Waals surface area contributed by atoms with Gasteiger partial charge in [-0.05, 0) is 87.3 Å². The molecule has 6 nitrogen and oxygen atoms in total. The number of piperidine rings is 2. The molecular weight excluding hydrogens is 440 g/mol. The first kappa shape index (κ1) is 23.2. The smallest absolute Gasteiger partial charge is 0.169 e. The number of nitrogen functional groups attached to an aromatic ring is 1. The summed E-state index contributed by atoms with van der Waals surface area (Å²) in [6.45, 7) is 12.0. The van der Waals surface area contributed by atoms with Crippen molar-refractivity contribution in [3.8, 4) is 0 Å². The summed E-state index contributed by atoms with van der Waals surface area (Å²) >= 11 is 1.76. The minimum atomic E-state index is 0.508. The van der Waals surface area contributed by atoms with Gasteiger partial charge in [0.1, 0.15) is 5.82 Å². The second-order valence-corrected chi connectivity index (χ2v) is 10.6. The van der Waals surface area contributed by atoms with Crippen LogP contribution in [0, 0.1) is 12.8 Å². The summed E-state index contributed by atoms with van der Waals surface area (Å²) in [7, 11) is 0. The largest absolute Gasteiger partial charge is 0.384 e. The van der Waals surface area contributed by atoms with E-state index in [2.05, 4.69) is 63.4 Å². The maximum Gasteiger partial charge on any atom is 0.169 e. The zero-order valence-corrected chi connectivity index (χ0v) is 21.2. The van der Waals surface area contributed by atoms with Crippen LogP contribution in [0.1, 0.15) is 42.9 Å². The monoisotopic (exact) mass is 476 g/mol. The maximum atomic E-state index is 5.85. The average Bonchev–Trinajstić information content (AvgIpc) is 3.22. The van der Waals surface area contributed by atoms with Gasteiger partial charge in [-0.2, -0.15) is 0 Å². The third-order valence-corrected chi connectivity index (χ3v) is 8.19. The molecule has 0 saturated carbocycles. The molecule has 1 aromatic carbocycles. The van der Waals surface area contributed by atoms with E-state index >= 15 is 0 Å². The Bertz CT molecular complexity index is 1160. The molecule has 0 atom stereocenters. The van der Waals surface area contributed by atoms with E-state index in [1.54, 1.807) is 18.0 Å². The molecule has 2 aromatic heterocycles. The molecule has 2 saturated heterocycles. The topological polar surface area (TPSA) is 63.2 Å². The Morgan fingerprint density at radius 2 is 1.85 bits per heavy atom. The third kappa shape index (κ3) is 4.82. The first-order chi connectivity index (χ1) is 16.5. The van der Waals surface area contributed by atoms with E-state index in [9.17, 15) is 0 Å². The number of anilines is 1. The van der Waals surface area contributed by atoms with E-state index in [0.717, 1.165) is 56.2 Å². The van der Waals surface area contributed by atoms with Crippen molar-refractivity contribution in [2.24, 2.45) is 5.92 Å². The van der Waals surface area contributed by atoms with Gasteiger partial charge in [-0.25, -0.2) is 9.97 Å². The number of rotatable bonds is 6. The van der Waals surface area contributed by atoms with Crippen molar-refractivity contribution in [1.82, 2.24) is 24.3 Å². The number of likely N-dealkylation sites (tertiary alicyclic amines) is 2. The van der Waals surface area contributed by atoms with Crippen LogP contribution in [0.4, 0.5) is 5.82 Å². The summed E-state index contributed by atoms with van der Waals surface area (Å²) in [4.78, 5) is 14.1. The van der Waals surface area contributed by atoms with E-state index in [0.29, 0.717) is 17.8 Å². The highest BCUT2D eigenvalue weighted by atomic mass is 32.2. The number of benzene rings is 1. The van der Waals surface area contributed by atoms with Crippen molar-refractivity contribution in [3.63, 3.8) is 0 Å². The number of pyridine rings is 1. The summed E-state index contributed by atoms with van der Waals surface area (Å²) in [6, 6.07) is 11.2. The first-order valence-electron chi connectivity index (χ1n) is 12.4. The molecule has 0 radical (unpaired) electrons. The molecule has 2 N–H and O–H groups in total. The van der Waals surface area contributed by atoms with Crippen LogP contribution >= 0.6 is 11.8 Å². The molecule has 34 heavy (non-hydrogen) atoms. The van der Waals surface area contributed by atoms with Gasteiger partial charge in [0.2, 0.25) is 0 Å². The molecule has 0 amide bonds. The van der Waals surface area contributed by atoms with Crippen molar-refractivity contribution in [2.75, 3.05) is 38.2 Å². The normalized spacial score (nSPS) is 18.6.